The van der Waals surface area contributed by atoms with Gasteiger partial charge in [0.15, 0.2) is 0 Å². The van der Waals surface area contributed by atoms with Gasteiger partial charge in [-0.15, -0.1) is 0 Å². The number of amides is 2. The van der Waals surface area contributed by atoms with Crippen molar-refractivity contribution in [3.05, 3.63) is 53.3 Å². The van der Waals surface area contributed by atoms with Crippen molar-refractivity contribution in [3.63, 3.8) is 0 Å². The van der Waals surface area contributed by atoms with Gasteiger partial charge >= 0.3 is 11.8 Å². The predicted molar refractivity (Wildman–Crippen MR) is 115 cm³/mol. The molecule has 1 aromatic heterocycles. The lowest BCUT2D eigenvalue weighted by Gasteiger charge is -2.38. The van der Waals surface area contributed by atoms with E-state index in [4.69, 9.17) is 0 Å². The molecular formula is C22H31N5O2. The summed E-state index contributed by atoms with van der Waals surface area (Å²) in [5.74, 6) is -1.24. The largest absolute Gasteiger partial charge is 0.353 e. The number of anilines is 1. The van der Waals surface area contributed by atoms with Gasteiger partial charge in [0.25, 0.3) is 0 Å². The monoisotopic (exact) mass is 397 g/mol. The molecule has 1 atom stereocenters. The Morgan fingerprint density at radius 3 is 2.21 bits per heavy atom. The molecule has 3 rings (SSSR count). The zero-order valence-electron chi connectivity index (χ0n) is 17.7. The van der Waals surface area contributed by atoms with Crippen LogP contribution in [-0.4, -0.2) is 66.0 Å². The lowest BCUT2D eigenvalue weighted by Crippen LogP contribution is -2.49. The van der Waals surface area contributed by atoms with Crippen LogP contribution in [0.2, 0.25) is 0 Å². The van der Waals surface area contributed by atoms with Crippen LogP contribution in [0.3, 0.4) is 0 Å². The molecule has 7 heteroatoms. The van der Waals surface area contributed by atoms with Crippen molar-refractivity contribution in [2.24, 2.45) is 7.05 Å². The molecule has 0 bridgehead atoms. The van der Waals surface area contributed by atoms with Crippen LogP contribution in [0.1, 0.15) is 22.9 Å². The van der Waals surface area contributed by atoms with Gasteiger partial charge < -0.3 is 20.1 Å². The molecule has 2 aromatic rings. The van der Waals surface area contributed by atoms with Crippen molar-refractivity contribution in [2.45, 2.75) is 19.9 Å². The Morgan fingerprint density at radius 2 is 1.62 bits per heavy atom. The minimum atomic E-state index is -0.633. The van der Waals surface area contributed by atoms with Gasteiger partial charge in [-0.2, -0.15) is 0 Å². The highest BCUT2D eigenvalue weighted by Gasteiger charge is 2.27. The van der Waals surface area contributed by atoms with Crippen molar-refractivity contribution in [3.8, 4) is 0 Å². The molecule has 2 amide bonds. The number of likely N-dealkylation sites (N-methyl/N-ethyl adjacent to an activating group) is 1. The SMILES string of the molecule is Cc1cccc(C)c1NC(=O)C(=O)NCC(c1cccn1C)N1CCN(C)CC1. The van der Waals surface area contributed by atoms with Gasteiger partial charge in [0, 0.05) is 57.3 Å². The summed E-state index contributed by atoms with van der Waals surface area (Å²) in [7, 11) is 4.13. The predicted octanol–water partition coefficient (Wildman–Crippen LogP) is 1.69. The number of piperazine rings is 1. The second-order valence-electron chi connectivity index (χ2n) is 7.83. The first-order valence-corrected chi connectivity index (χ1v) is 10.1. The summed E-state index contributed by atoms with van der Waals surface area (Å²) < 4.78 is 2.08. The molecular weight excluding hydrogens is 366 g/mol. The van der Waals surface area contributed by atoms with Gasteiger partial charge in [-0.25, -0.2) is 0 Å². The molecule has 7 nitrogen and oxygen atoms in total. The Balaban J connectivity index is 1.66. The maximum Gasteiger partial charge on any atom is 0.313 e. The molecule has 1 unspecified atom stereocenters. The smallest absolute Gasteiger partial charge is 0.313 e. The molecule has 1 aromatic carbocycles. The summed E-state index contributed by atoms with van der Waals surface area (Å²) in [6.07, 6.45) is 2.01. The van der Waals surface area contributed by atoms with Crippen LogP contribution in [-0.2, 0) is 16.6 Å². The number of rotatable bonds is 5. The maximum absolute atomic E-state index is 12.5. The number of carbonyl (C=O) groups is 2. The van der Waals surface area contributed by atoms with Crippen molar-refractivity contribution in [2.75, 3.05) is 45.1 Å². The van der Waals surface area contributed by atoms with Crippen LogP contribution in [0.4, 0.5) is 5.69 Å². The molecule has 1 aliphatic rings. The van der Waals surface area contributed by atoms with Gasteiger partial charge in [-0.3, -0.25) is 14.5 Å². The summed E-state index contributed by atoms with van der Waals surface area (Å²) in [4.78, 5) is 29.6. The van der Waals surface area contributed by atoms with Gasteiger partial charge in [0.2, 0.25) is 0 Å². The van der Waals surface area contributed by atoms with E-state index < -0.39 is 11.8 Å². The summed E-state index contributed by atoms with van der Waals surface area (Å²) in [5.41, 5.74) is 3.70. The average Bonchev–Trinajstić information content (AvgIpc) is 3.11. The van der Waals surface area contributed by atoms with E-state index in [1.54, 1.807) is 0 Å². The molecule has 1 fully saturated rings. The van der Waals surface area contributed by atoms with Crippen LogP contribution in [0, 0.1) is 13.8 Å². The van der Waals surface area contributed by atoms with E-state index in [1.807, 2.05) is 51.4 Å². The Kier molecular flexibility index (Phi) is 6.71. The molecule has 2 heterocycles. The molecule has 0 saturated carbocycles. The zero-order chi connectivity index (χ0) is 21.0. The van der Waals surface area contributed by atoms with Gasteiger partial charge in [0.05, 0.1) is 6.04 Å². The van der Waals surface area contributed by atoms with E-state index in [0.717, 1.165) is 43.0 Å². The molecule has 0 radical (unpaired) electrons. The van der Waals surface area contributed by atoms with Crippen molar-refractivity contribution in [1.82, 2.24) is 19.7 Å². The van der Waals surface area contributed by atoms with E-state index in [2.05, 4.69) is 38.1 Å². The lowest BCUT2D eigenvalue weighted by atomic mass is 10.1. The number of para-hydroxylation sites is 1. The molecule has 0 aliphatic carbocycles. The Labute approximate surface area is 172 Å². The van der Waals surface area contributed by atoms with Crippen LogP contribution < -0.4 is 10.6 Å². The first-order valence-electron chi connectivity index (χ1n) is 10.1. The van der Waals surface area contributed by atoms with E-state index in [-0.39, 0.29) is 6.04 Å². The third kappa shape index (κ3) is 5.05. The summed E-state index contributed by atoms with van der Waals surface area (Å²) in [6, 6.07) is 9.87. The van der Waals surface area contributed by atoms with E-state index in [1.165, 1.54) is 0 Å². The number of hydrogen-bond acceptors (Lipinski definition) is 4. The van der Waals surface area contributed by atoms with Gasteiger partial charge in [-0.1, -0.05) is 18.2 Å². The molecule has 1 saturated heterocycles. The van der Waals surface area contributed by atoms with E-state index in [9.17, 15) is 9.59 Å². The van der Waals surface area contributed by atoms with Crippen LogP contribution in [0.25, 0.3) is 0 Å². The Morgan fingerprint density at radius 1 is 0.966 bits per heavy atom. The first-order chi connectivity index (χ1) is 13.9. The molecule has 156 valence electrons. The highest BCUT2D eigenvalue weighted by molar-refractivity contribution is 6.39. The molecule has 0 spiro atoms. The summed E-state index contributed by atoms with van der Waals surface area (Å²) in [6.45, 7) is 8.05. The minimum Gasteiger partial charge on any atom is -0.353 e. The number of hydrogen-bond donors (Lipinski definition) is 2. The first kappa shape index (κ1) is 21.1. The van der Waals surface area contributed by atoms with Gasteiger partial charge in [-0.05, 0) is 44.2 Å². The van der Waals surface area contributed by atoms with Crippen LogP contribution in [0.5, 0.6) is 0 Å². The fourth-order valence-corrected chi connectivity index (χ4v) is 3.83. The highest BCUT2D eigenvalue weighted by atomic mass is 16.2. The standard InChI is InChI=1S/C22H31N5O2/c1-16-7-5-8-17(2)20(16)24-22(29)21(28)23-15-19(18-9-6-10-26(18)4)27-13-11-25(3)12-14-27/h5-10,19H,11-15H2,1-4H3,(H,23,28)(H,24,29). The van der Waals surface area contributed by atoms with E-state index in [0.29, 0.717) is 12.2 Å². The summed E-state index contributed by atoms with van der Waals surface area (Å²) >= 11 is 0. The Hall–Kier alpha value is -2.64. The fraction of sp³-hybridized carbons (Fsp3) is 0.455. The van der Waals surface area contributed by atoms with Crippen LogP contribution in [0.15, 0.2) is 36.5 Å². The molecule has 2 N–H and O–H groups in total. The third-order valence-corrected chi connectivity index (χ3v) is 5.69. The normalized spacial score (nSPS) is 16.4. The molecule has 1 aliphatic heterocycles. The number of aryl methyl sites for hydroxylation is 3. The number of carbonyl (C=O) groups excluding carboxylic acids is 2. The second-order valence-corrected chi connectivity index (χ2v) is 7.83. The quantitative estimate of drug-likeness (QED) is 0.754. The second kappa shape index (κ2) is 9.24. The number of nitrogens with one attached hydrogen (secondary N) is 2. The molecule has 29 heavy (non-hydrogen) atoms. The summed E-state index contributed by atoms with van der Waals surface area (Å²) in [5, 5.41) is 5.60. The third-order valence-electron chi connectivity index (χ3n) is 5.69. The topological polar surface area (TPSA) is 69.6 Å². The van der Waals surface area contributed by atoms with Crippen molar-refractivity contribution < 1.29 is 9.59 Å². The lowest BCUT2D eigenvalue weighted by molar-refractivity contribution is -0.136. The highest BCUT2D eigenvalue weighted by Crippen LogP contribution is 2.22. The maximum atomic E-state index is 12.5. The fourth-order valence-electron chi connectivity index (χ4n) is 3.83. The van der Waals surface area contributed by atoms with Crippen molar-refractivity contribution in [1.29, 1.82) is 0 Å². The van der Waals surface area contributed by atoms with Gasteiger partial charge in [0.1, 0.15) is 0 Å². The number of aromatic nitrogens is 1. The van der Waals surface area contributed by atoms with Crippen molar-refractivity contribution >= 4 is 17.5 Å². The zero-order valence-corrected chi connectivity index (χ0v) is 17.7. The van der Waals surface area contributed by atoms with Crippen LogP contribution >= 0.6 is 0 Å². The number of nitrogens with zero attached hydrogens (tertiary/aromatic N) is 3. The average molecular weight is 398 g/mol. The van der Waals surface area contributed by atoms with E-state index >= 15 is 0 Å². The number of benzene rings is 1. The Bertz CT molecular complexity index is 848. The minimum absolute atomic E-state index is 0.0284.